The van der Waals surface area contributed by atoms with Crippen LogP contribution in [0.15, 0.2) is 28.7 Å². The lowest BCUT2D eigenvalue weighted by Crippen LogP contribution is -2.35. The maximum atomic E-state index is 5.13. The van der Waals surface area contributed by atoms with Crippen molar-refractivity contribution in [3.05, 3.63) is 34.3 Å². The normalized spacial score (nSPS) is 18.5. The fourth-order valence-corrected chi connectivity index (χ4v) is 3.10. The number of hydrogen-bond acceptors (Lipinski definition) is 2. The highest BCUT2D eigenvalue weighted by Crippen LogP contribution is 2.32. The van der Waals surface area contributed by atoms with E-state index >= 15 is 0 Å². The molecule has 0 unspecified atom stereocenters. The molecule has 0 radical (unpaired) electrons. The molecule has 1 aliphatic rings. The van der Waals surface area contributed by atoms with Gasteiger partial charge in [0.1, 0.15) is 0 Å². The van der Waals surface area contributed by atoms with Crippen LogP contribution in [0.25, 0.3) is 0 Å². The van der Waals surface area contributed by atoms with E-state index in [4.69, 9.17) is 4.74 Å². The quantitative estimate of drug-likeness (QED) is 0.846. The second-order valence-electron chi connectivity index (χ2n) is 4.63. The monoisotopic (exact) mass is 297 g/mol. The molecule has 0 aliphatic carbocycles. The van der Waals surface area contributed by atoms with Gasteiger partial charge in [0.15, 0.2) is 0 Å². The molecule has 0 N–H and O–H groups in total. The van der Waals surface area contributed by atoms with E-state index in [9.17, 15) is 0 Å². The molecule has 2 nitrogen and oxygen atoms in total. The number of piperidine rings is 1. The van der Waals surface area contributed by atoms with E-state index < -0.39 is 0 Å². The Morgan fingerprint density at radius 2 is 2.00 bits per heavy atom. The van der Waals surface area contributed by atoms with Crippen LogP contribution in [0.2, 0.25) is 0 Å². The van der Waals surface area contributed by atoms with E-state index in [0.29, 0.717) is 5.92 Å². The highest BCUT2D eigenvalue weighted by atomic mass is 79.9. The van der Waals surface area contributed by atoms with Gasteiger partial charge >= 0.3 is 0 Å². The van der Waals surface area contributed by atoms with Gasteiger partial charge < -0.3 is 9.64 Å². The molecule has 2 rings (SSSR count). The maximum absolute atomic E-state index is 5.13. The molecule has 17 heavy (non-hydrogen) atoms. The number of methoxy groups -OCH3 is 1. The molecule has 1 heterocycles. The second kappa shape index (κ2) is 6.53. The number of likely N-dealkylation sites (tertiary alicyclic amines) is 1. The molecule has 1 aliphatic heterocycles. The van der Waals surface area contributed by atoms with E-state index in [-0.39, 0.29) is 0 Å². The maximum Gasteiger partial charge on any atom is 0.0589 e. The number of benzene rings is 1. The van der Waals surface area contributed by atoms with Crippen molar-refractivity contribution in [3.8, 4) is 0 Å². The number of nitrogens with zero attached hydrogens (tertiary/aromatic N) is 1. The second-order valence-corrected chi connectivity index (χ2v) is 5.48. The van der Waals surface area contributed by atoms with Crippen molar-refractivity contribution in [2.45, 2.75) is 18.8 Å². The van der Waals surface area contributed by atoms with E-state index in [1.807, 2.05) is 0 Å². The van der Waals surface area contributed by atoms with E-state index in [0.717, 1.165) is 13.2 Å². The van der Waals surface area contributed by atoms with E-state index in [1.165, 1.54) is 36.0 Å². The Bertz CT molecular complexity index is 348. The van der Waals surface area contributed by atoms with Crippen molar-refractivity contribution in [2.24, 2.45) is 0 Å². The summed E-state index contributed by atoms with van der Waals surface area (Å²) in [5, 5.41) is 0. The predicted octanol–water partition coefficient (Wildman–Crippen LogP) is 3.27. The van der Waals surface area contributed by atoms with Gasteiger partial charge in [0, 0.05) is 18.1 Å². The summed E-state index contributed by atoms with van der Waals surface area (Å²) in [6.45, 7) is 4.30. The fraction of sp³-hybridized carbons (Fsp3) is 0.571. The SMILES string of the molecule is COCCN1CCC(c2ccccc2Br)CC1. The van der Waals surface area contributed by atoms with Gasteiger partial charge in [-0.05, 0) is 43.5 Å². The van der Waals surface area contributed by atoms with Crippen LogP contribution < -0.4 is 0 Å². The largest absolute Gasteiger partial charge is 0.383 e. The first-order valence-electron chi connectivity index (χ1n) is 6.27. The van der Waals surface area contributed by atoms with Crippen molar-refractivity contribution < 1.29 is 4.74 Å². The number of halogens is 1. The zero-order chi connectivity index (χ0) is 12.1. The van der Waals surface area contributed by atoms with Gasteiger partial charge in [0.2, 0.25) is 0 Å². The zero-order valence-electron chi connectivity index (χ0n) is 10.4. The van der Waals surface area contributed by atoms with E-state index in [1.54, 1.807) is 7.11 Å². The molecule has 1 fully saturated rings. The lowest BCUT2D eigenvalue weighted by molar-refractivity contribution is 0.130. The molecule has 0 bridgehead atoms. The van der Waals surface area contributed by atoms with Gasteiger partial charge in [-0.1, -0.05) is 34.1 Å². The Morgan fingerprint density at radius 1 is 1.29 bits per heavy atom. The number of rotatable bonds is 4. The summed E-state index contributed by atoms with van der Waals surface area (Å²) in [6.07, 6.45) is 2.51. The molecule has 94 valence electrons. The smallest absolute Gasteiger partial charge is 0.0589 e. The first-order chi connectivity index (χ1) is 8.31. The molecule has 0 spiro atoms. The van der Waals surface area contributed by atoms with E-state index in [2.05, 4.69) is 45.1 Å². The molecular formula is C14H20BrNO. The highest BCUT2D eigenvalue weighted by molar-refractivity contribution is 9.10. The summed E-state index contributed by atoms with van der Waals surface area (Å²) in [5.74, 6) is 0.712. The van der Waals surface area contributed by atoms with Crippen molar-refractivity contribution in [1.82, 2.24) is 4.90 Å². The lowest BCUT2D eigenvalue weighted by atomic mass is 9.89. The lowest BCUT2D eigenvalue weighted by Gasteiger charge is -2.32. The fourth-order valence-electron chi connectivity index (χ4n) is 2.49. The minimum atomic E-state index is 0.712. The van der Waals surface area contributed by atoms with Crippen molar-refractivity contribution in [2.75, 3.05) is 33.4 Å². The van der Waals surface area contributed by atoms with Crippen LogP contribution in [0.4, 0.5) is 0 Å². The predicted molar refractivity (Wildman–Crippen MR) is 74.4 cm³/mol. The van der Waals surface area contributed by atoms with Crippen LogP contribution in [0.1, 0.15) is 24.3 Å². The zero-order valence-corrected chi connectivity index (χ0v) is 11.9. The van der Waals surface area contributed by atoms with Crippen molar-refractivity contribution in [3.63, 3.8) is 0 Å². The summed E-state index contributed by atoms with van der Waals surface area (Å²) in [5.41, 5.74) is 1.47. The van der Waals surface area contributed by atoms with Crippen LogP contribution in [0.3, 0.4) is 0 Å². The Morgan fingerprint density at radius 3 is 2.65 bits per heavy atom. The third kappa shape index (κ3) is 3.54. The minimum absolute atomic E-state index is 0.712. The minimum Gasteiger partial charge on any atom is -0.383 e. The number of hydrogen-bond donors (Lipinski definition) is 0. The molecule has 1 aromatic rings. The van der Waals surface area contributed by atoms with Gasteiger partial charge in [-0.3, -0.25) is 0 Å². The summed E-state index contributed by atoms with van der Waals surface area (Å²) in [7, 11) is 1.77. The molecule has 0 aromatic heterocycles. The van der Waals surface area contributed by atoms with Crippen molar-refractivity contribution in [1.29, 1.82) is 0 Å². The Hall–Kier alpha value is -0.380. The summed E-state index contributed by atoms with van der Waals surface area (Å²) >= 11 is 3.66. The molecule has 3 heteroatoms. The summed E-state index contributed by atoms with van der Waals surface area (Å²) in [4.78, 5) is 2.50. The number of ether oxygens (including phenoxy) is 1. The molecule has 0 amide bonds. The van der Waals surface area contributed by atoms with Gasteiger partial charge in [0.05, 0.1) is 6.61 Å². The van der Waals surface area contributed by atoms with Crippen molar-refractivity contribution >= 4 is 15.9 Å². The van der Waals surface area contributed by atoms with Gasteiger partial charge in [-0.15, -0.1) is 0 Å². The van der Waals surface area contributed by atoms with Gasteiger partial charge in [-0.25, -0.2) is 0 Å². The summed E-state index contributed by atoms with van der Waals surface area (Å²) < 4.78 is 6.39. The highest BCUT2D eigenvalue weighted by Gasteiger charge is 2.21. The molecule has 0 atom stereocenters. The van der Waals surface area contributed by atoms with Crippen LogP contribution in [0, 0.1) is 0 Å². The first kappa shape index (κ1) is 13.1. The molecule has 1 aromatic carbocycles. The molecular weight excluding hydrogens is 278 g/mol. The van der Waals surface area contributed by atoms with Crippen LogP contribution in [0.5, 0.6) is 0 Å². The van der Waals surface area contributed by atoms with Crippen LogP contribution in [-0.4, -0.2) is 38.3 Å². The van der Waals surface area contributed by atoms with Crippen LogP contribution in [-0.2, 0) is 4.74 Å². The third-order valence-electron chi connectivity index (χ3n) is 3.54. The average molecular weight is 298 g/mol. The Kier molecular flexibility index (Phi) is 5.01. The van der Waals surface area contributed by atoms with Gasteiger partial charge in [0.25, 0.3) is 0 Å². The average Bonchev–Trinajstić information content (AvgIpc) is 2.38. The van der Waals surface area contributed by atoms with Crippen LogP contribution >= 0.6 is 15.9 Å². The third-order valence-corrected chi connectivity index (χ3v) is 4.27. The first-order valence-corrected chi connectivity index (χ1v) is 7.06. The topological polar surface area (TPSA) is 12.5 Å². The molecule has 1 saturated heterocycles. The van der Waals surface area contributed by atoms with Gasteiger partial charge in [-0.2, -0.15) is 0 Å². The Balaban J connectivity index is 1.89. The molecule has 0 saturated carbocycles. The standard InChI is InChI=1S/C14H20BrNO/c1-17-11-10-16-8-6-12(7-9-16)13-4-2-3-5-14(13)15/h2-5,12H,6-11H2,1H3. The summed E-state index contributed by atoms with van der Waals surface area (Å²) in [6, 6.07) is 8.62. The Labute approximate surface area is 112 Å².